The second-order valence-electron chi connectivity index (χ2n) is 6.00. The Kier molecular flexibility index (Phi) is 6.07. The normalized spacial score (nSPS) is 14.8. The molecule has 0 aliphatic heterocycles. The van der Waals surface area contributed by atoms with E-state index < -0.39 is 0 Å². The number of aromatic nitrogens is 2. The third kappa shape index (κ3) is 4.60. The average Bonchev–Trinajstić information content (AvgIpc) is 3.15. The van der Waals surface area contributed by atoms with Crippen LogP contribution in [0.1, 0.15) is 43.9 Å². The molecule has 1 saturated carbocycles. The van der Waals surface area contributed by atoms with Crippen LogP contribution in [0, 0.1) is 11.3 Å². The fraction of sp³-hybridized carbons (Fsp3) is 0.444. The Balaban J connectivity index is 1.59. The van der Waals surface area contributed by atoms with E-state index in [9.17, 15) is 4.79 Å². The van der Waals surface area contributed by atoms with Crippen LogP contribution in [0.3, 0.4) is 0 Å². The van der Waals surface area contributed by atoms with Crippen molar-refractivity contribution >= 4 is 23.4 Å². The lowest BCUT2D eigenvalue weighted by Gasteiger charge is -2.19. The van der Waals surface area contributed by atoms with Gasteiger partial charge in [0.05, 0.1) is 11.8 Å². The maximum atomic E-state index is 12.5. The van der Waals surface area contributed by atoms with Crippen LogP contribution >= 0.6 is 11.8 Å². The highest BCUT2D eigenvalue weighted by Crippen LogP contribution is 2.33. The van der Waals surface area contributed by atoms with Crippen LogP contribution in [-0.2, 0) is 4.79 Å². The van der Waals surface area contributed by atoms with Gasteiger partial charge in [-0.3, -0.25) is 9.69 Å². The van der Waals surface area contributed by atoms with Crippen LogP contribution in [0.15, 0.2) is 40.0 Å². The first-order valence-corrected chi connectivity index (χ1v) is 9.45. The molecule has 0 N–H and O–H groups in total. The number of thioether (sulfide) groups is 1. The average molecular weight is 356 g/mol. The van der Waals surface area contributed by atoms with E-state index in [-0.39, 0.29) is 18.2 Å². The zero-order valence-electron chi connectivity index (χ0n) is 13.9. The summed E-state index contributed by atoms with van der Waals surface area (Å²) in [5.74, 6) is 1.04. The lowest BCUT2D eigenvalue weighted by molar-refractivity contribution is -0.116. The standard InChI is InChI=1S/C18H20N4O2S/c19-11-12-22(15-9-5-2-6-10-15)16(23)13-25-18-21-20-17(24-18)14-7-3-1-4-8-14/h2,5-6,9-10,14H,1,3-4,7-8,12-13H2. The van der Waals surface area contributed by atoms with Gasteiger partial charge in [0.15, 0.2) is 0 Å². The molecule has 25 heavy (non-hydrogen) atoms. The smallest absolute Gasteiger partial charge is 0.277 e. The van der Waals surface area contributed by atoms with Crippen molar-refractivity contribution in [2.24, 2.45) is 0 Å². The molecule has 0 atom stereocenters. The number of para-hydroxylation sites is 1. The summed E-state index contributed by atoms with van der Waals surface area (Å²) < 4.78 is 5.72. The summed E-state index contributed by atoms with van der Waals surface area (Å²) >= 11 is 1.22. The number of nitriles is 1. The number of nitrogens with zero attached hydrogens (tertiary/aromatic N) is 4. The Bertz CT molecular complexity index is 735. The predicted octanol–water partition coefficient (Wildman–Crippen LogP) is 3.77. The first-order chi connectivity index (χ1) is 12.3. The third-order valence-electron chi connectivity index (χ3n) is 4.29. The molecule has 1 fully saturated rings. The summed E-state index contributed by atoms with van der Waals surface area (Å²) in [5, 5.41) is 17.6. The molecule has 0 unspecified atom stereocenters. The summed E-state index contributed by atoms with van der Waals surface area (Å²) in [6, 6.07) is 11.2. The molecular weight excluding hydrogens is 336 g/mol. The summed E-state index contributed by atoms with van der Waals surface area (Å²) in [4.78, 5) is 13.9. The number of amides is 1. The Morgan fingerprint density at radius 2 is 2.00 bits per heavy atom. The first kappa shape index (κ1) is 17.5. The van der Waals surface area contributed by atoms with Crippen molar-refractivity contribution in [3.8, 4) is 6.07 Å². The van der Waals surface area contributed by atoms with E-state index in [0.29, 0.717) is 22.7 Å². The molecule has 130 valence electrons. The van der Waals surface area contributed by atoms with Crippen LogP contribution in [0.25, 0.3) is 0 Å². The molecule has 3 rings (SSSR count). The van der Waals surface area contributed by atoms with E-state index in [2.05, 4.69) is 10.2 Å². The monoisotopic (exact) mass is 356 g/mol. The van der Waals surface area contributed by atoms with E-state index >= 15 is 0 Å². The highest BCUT2D eigenvalue weighted by Gasteiger charge is 2.22. The molecule has 1 aliphatic rings. The van der Waals surface area contributed by atoms with Crippen molar-refractivity contribution in [2.45, 2.75) is 43.2 Å². The van der Waals surface area contributed by atoms with Crippen molar-refractivity contribution in [3.05, 3.63) is 36.2 Å². The minimum Gasteiger partial charge on any atom is -0.416 e. The van der Waals surface area contributed by atoms with Gasteiger partial charge in [0.25, 0.3) is 5.22 Å². The Hall–Kier alpha value is -2.33. The molecule has 1 aromatic heterocycles. The fourth-order valence-corrected chi connectivity index (χ4v) is 3.64. The van der Waals surface area contributed by atoms with Crippen molar-refractivity contribution in [3.63, 3.8) is 0 Å². The number of anilines is 1. The van der Waals surface area contributed by atoms with E-state index in [1.165, 1.54) is 35.9 Å². The zero-order valence-corrected chi connectivity index (χ0v) is 14.7. The Morgan fingerprint density at radius 1 is 1.24 bits per heavy atom. The van der Waals surface area contributed by atoms with E-state index in [1.54, 1.807) is 0 Å². The topological polar surface area (TPSA) is 83.0 Å². The number of carbonyl (C=O) groups excluding carboxylic acids is 1. The minimum absolute atomic E-state index is 0.0144. The zero-order chi connectivity index (χ0) is 17.5. The van der Waals surface area contributed by atoms with Crippen molar-refractivity contribution in [2.75, 3.05) is 17.2 Å². The van der Waals surface area contributed by atoms with Crippen molar-refractivity contribution < 1.29 is 9.21 Å². The number of hydrogen-bond acceptors (Lipinski definition) is 6. The Labute approximate surface area is 151 Å². The summed E-state index contributed by atoms with van der Waals surface area (Å²) in [7, 11) is 0. The quantitative estimate of drug-likeness (QED) is 0.579. The van der Waals surface area contributed by atoms with E-state index in [4.69, 9.17) is 9.68 Å². The van der Waals surface area contributed by atoms with Crippen LogP contribution in [-0.4, -0.2) is 28.4 Å². The molecule has 6 nitrogen and oxygen atoms in total. The largest absolute Gasteiger partial charge is 0.416 e. The molecule has 7 heteroatoms. The van der Waals surface area contributed by atoms with Gasteiger partial charge in [0.2, 0.25) is 11.8 Å². The van der Waals surface area contributed by atoms with Gasteiger partial charge in [0.1, 0.15) is 6.54 Å². The van der Waals surface area contributed by atoms with Gasteiger partial charge in [0, 0.05) is 11.6 Å². The summed E-state index contributed by atoms with van der Waals surface area (Å²) in [5.41, 5.74) is 0.711. The van der Waals surface area contributed by atoms with Crippen molar-refractivity contribution in [1.82, 2.24) is 10.2 Å². The maximum absolute atomic E-state index is 12.5. The van der Waals surface area contributed by atoms with Gasteiger partial charge in [-0.25, -0.2) is 0 Å². The second kappa shape index (κ2) is 8.67. The van der Waals surface area contributed by atoms with Gasteiger partial charge in [-0.05, 0) is 25.0 Å². The molecule has 0 spiro atoms. The number of benzene rings is 1. The van der Waals surface area contributed by atoms with E-state index in [0.717, 1.165) is 12.8 Å². The maximum Gasteiger partial charge on any atom is 0.277 e. The van der Waals surface area contributed by atoms with Gasteiger partial charge < -0.3 is 4.42 Å². The predicted molar refractivity (Wildman–Crippen MR) is 95.3 cm³/mol. The van der Waals surface area contributed by atoms with Crippen molar-refractivity contribution in [1.29, 1.82) is 5.26 Å². The van der Waals surface area contributed by atoms with Gasteiger partial charge in [-0.2, -0.15) is 5.26 Å². The van der Waals surface area contributed by atoms with Crippen LogP contribution < -0.4 is 4.90 Å². The SMILES string of the molecule is N#CCN(C(=O)CSc1nnc(C2CCCCC2)o1)c1ccccc1. The number of hydrogen-bond donors (Lipinski definition) is 0. The molecular formula is C18H20N4O2S. The molecule has 1 aliphatic carbocycles. The molecule has 1 amide bonds. The lowest BCUT2D eigenvalue weighted by atomic mass is 9.89. The minimum atomic E-state index is -0.157. The number of carbonyl (C=O) groups is 1. The molecule has 0 radical (unpaired) electrons. The first-order valence-electron chi connectivity index (χ1n) is 8.46. The Morgan fingerprint density at radius 3 is 2.72 bits per heavy atom. The van der Waals surface area contributed by atoms with Crippen LogP contribution in [0.5, 0.6) is 0 Å². The second-order valence-corrected chi connectivity index (χ2v) is 6.93. The summed E-state index contributed by atoms with van der Waals surface area (Å²) in [6.07, 6.45) is 5.86. The molecule has 1 heterocycles. The molecule has 0 bridgehead atoms. The third-order valence-corrected chi connectivity index (χ3v) is 5.10. The highest BCUT2D eigenvalue weighted by molar-refractivity contribution is 7.99. The van der Waals surface area contributed by atoms with Gasteiger partial charge >= 0.3 is 0 Å². The summed E-state index contributed by atoms with van der Waals surface area (Å²) in [6.45, 7) is 0.0144. The highest BCUT2D eigenvalue weighted by atomic mass is 32.2. The van der Waals surface area contributed by atoms with Crippen LogP contribution in [0.4, 0.5) is 5.69 Å². The number of rotatable bonds is 6. The van der Waals surface area contributed by atoms with Gasteiger partial charge in [-0.1, -0.05) is 49.2 Å². The molecule has 0 saturated heterocycles. The molecule has 2 aromatic rings. The lowest BCUT2D eigenvalue weighted by Crippen LogP contribution is -2.32. The van der Waals surface area contributed by atoms with Gasteiger partial charge in [-0.15, -0.1) is 10.2 Å². The fourth-order valence-electron chi connectivity index (χ4n) is 3.00. The van der Waals surface area contributed by atoms with Crippen LogP contribution in [0.2, 0.25) is 0 Å². The van der Waals surface area contributed by atoms with E-state index in [1.807, 2.05) is 36.4 Å². The molecule has 1 aromatic carbocycles.